The Morgan fingerprint density at radius 1 is 0.968 bits per heavy atom. The van der Waals surface area contributed by atoms with Crippen molar-refractivity contribution in [3.63, 3.8) is 0 Å². The SMILES string of the molecule is CC1(S(=O)(=O)NC(=O)[C@@]23C[C@H]2/C=C\CCCCC[C@H](NC(=O)C2CCCC2)C(=O)N2C[C@H](Oc4nc(-c5ccc(C(F)(F)F)cc5)nc5c4oc4ccccc45)C[C@H]2C(=O)N3)CC1. The number of carbonyl (C=O) groups excluding carboxylic acids is 4. The highest BCUT2D eigenvalue weighted by Gasteiger charge is 2.63. The first-order valence-corrected chi connectivity index (χ1v) is 23.2. The molecule has 1 saturated heterocycles. The standard InChI is InChI=1S/C45H49F3N6O8S/c1-43(21-22-43)63(59,60)53-42(58)44-24-29(44)13-5-3-2-4-6-15-32(49-38(55)27-11-7-8-12-27)41(57)54-25-30(23-33(54)39(56)52-44)61-40-36-35(31-14-9-10-16-34(31)62-36)50-37(51-40)26-17-19-28(20-18-26)45(46,47)48/h5,9-10,13-14,16-20,27,29-30,32-33H,2-4,6-8,11-12,15,21-25H2,1H3,(H,49,55)(H,52,56)(H,53,58)/b13-5-/t29-,30-,32+,33+,44-/m1/s1. The van der Waals surface area contributed by atoms with E-state index in [-0.39, 0.29) is 54.1 Å². The minimum atomic E-state index is -4.56. The van der Waals surface area contributed by atoms with Crippen LogP contribution in [-0.2, 0) is 35.4 Å². The largest absolute Gasteiger partial charge is 0.470 e. The number of amides is 4. The summed E-state index contributed by atoms with van der Waals surface area (Å²) in [5.74, 6) is -3.02. The summed E-state index contributed by atoms with van der Waals surface area (Å²) in [6.45, 7) is 1.41. The second kappa shape index (κ2) is 16.2. The first-order chi connectivity index (χ1) is 30.0. The van der Waals surface area contributed by atoms with Gasteiger partial charge >= 0.3 is 6.18 Å². The normalized spacial score (nSPS) is 27.1. The Kier molecular flexibility index (Phi) is 11.0. The Balaban J connectivity index is 1.06. The summed E-state index contributed by atoms with van der Waals surface area (Å²) in [7, 11) is -4.06. The molecule has 334 valence electrons. The number of rotatable bonds is 8. The van der Waals surface area contributed by atoms with Gasteiger partial charge in [-0.2, -0.15) is 18.2 Å². The Hall–Kier alpha value is -5.52. The number of carbonyl (C=O) groups is 4. The number of halogens is 3. The number of nitrogens with one attached hydrogen (secondary N) is 3. The van der Waals surface area contributed by atoms with Crippen LogP contribution in [0.4, 0.5) is 13.2 Å². The molecule has 2 aromatic heterocycles. The molecule has 2 aromatic carbocycles. The summed E-state index contributed by atoms with van der Waals surface area (Å²) in [5.41, 5.74) is -1.26. The lowest BCUT2D eigenvalue weighted by Gasteiger charge is -2.30. The molecule has 4 aromatic rings. The summed E-state index contributed by atoms with van der Waals surface area (Å²) in [6.07, 6.45) is 5.50. The number of aromatic nitrogens is 2. The Morgan fingerprint density at radius 3 is 2.43 bits per heavy atom. The first-order valence-electron chi connectivity index (χ1n) is 21.8. The summed E-state index contributed by atoms with van der Waals surface area (Å²) in [4.78, 5) is 67.7. The molecule has 0 bridgehead atoms. The van der Waals surface area contributed by atoms with Crippen LogP contribution < -0.4 is 20.1 Å². The van der Waals surface area contributed by atoms with Crippen LogP contribution >= 0.6 is 0 Å². The quantitative estimate of drug-likeness (QED) is 0.165. The average Bonchev–Trinajstić information content (AvgIpc) is 3.88. The van der Waals surface area contributed by atoms with Crippen molar-refractivity contribution >= 4 is 55.7 Å². The zero-order valence-corrected chi connectivity index (χ0v) is 35.5. The van der Waals surface area contributed by atoms with Crippen LogP contribution in [0.1, 0.15) is 96.0 Å². The van der Waals surface area contributed by atoms with Gasteiger partial charge < -0.3 is 24.7 Å². The van der Waals surface area contributed by atoms with E-state index < -0.39 is 73.9 Å². The molecule has 63 heavy (non-hydrogen) atoms. The highest BCUT2D eigenvalue weighted by molar-refractivity contribution is 7.91. The van der Waals surface area contributed by atoms with Gasteiger partial charge in [0.25, 0.3) is 11.8 Å². The Bertz CT molecular complexity index is 2610. The molecule has 0 radical (unpaired) electrons. The van der Waals surface area contributed by atoms with Crippen LogP contribution in [0.2, 0.25) is 0 Å². The summed E-state index contributed by atoms with van der Waals surface area (Å²) >= 11 is 0. The zero-order valence-electron chi connectivity index (χ0n) is 34.7. The fraction of sp³-hybridized carbons (Fsp3) is 0.511. The third-order valence-corrected chi connectivity index (χ3v) is 15.6. The topological polar surface area (TPSA) is 190 Å². The molecule has 0 spiro atoms. The van der Waals surface area contributed by atoms with Crippen LogP contribution in [-0.4, -0.2) is 81.9 Å². The molecule has 2 aliphatic heterocycles. The van der Waals surface area contributed by atoms with Crippen LogP contribution in [0.25, 0.3) is 33.5 Å². The van der Waals surface area contributed by atoms with Crippen molar-refractivity contribution < 1.29 is 49.9 Å². The number of fused-ring (bicyclic) bond motifs is 5. The molecule has 5 atom stereocenters. The van der Waals surface area contributed by atoms with Gasteiger partial charge in [0.05, 0.1) is 16.9 Å². The fourth-order valence-electron chi connectivity index (χ4n) is 9.16. The predicted molar refractivity (Wildman–Crippen MR) is 224 cm³/mol. The molecule has 0 unspecified atom stereocenters. The summed E-state index contributed by atoms with van der Waals surface area (Å²) in [5, 5.41) is 6.48. The molecule has 4 amide bonds. The molecule has 3 N–H and O–H groups in total. The maximum absolute atomic E-state index is 14.8. The number of allylic oxidation sites excluding steroid dienone is 1. The van der Waals surface area contributed by atoms with Gasteiger partial charge in [0.2, 0.25) is 33.3 Å². The number of hydrogen-bond donors (Lipinski definition) is 3. The van der Waals surface area contributed by atoms with Gasteiger partial charge in [0, 0.05) is 29.2 Å². The van der Waals surface area contributed by atoms with Crippen molar-refractivity contribution in [1.29, 1.82) is 0 Å². The smallest absolute Gasteiger partial charge is 0.416 e. The maximum Gasteiger partial charge on any atom is 0.416 e. The number of benzene rings is 2. The van der Waals surface area contributed by atoms with Gasteiger partial charge in [-0.1, -0.05) is 62.1 Å². The zero-order chi connectivity index (χ0) is 44.3. The van der Waals surface area contributed by atoms with Gasteiger partial charge in [0.1, 0.15) is 34.8 Å². The lowest BCUT2D eigenvalue weighted by molar-refractivity contribution is -0.143. The highest BCUT2D eigenvalue weighted by atomic mass is 32.2. The van der Waals surface area contributed by atoms with Crippen molar-refractivity contribution in [3.05, 3.63) is 66.2 Å². The van der Waals surface area contributed by atoms with Crippen molar-refractivity contribution in [3.8, 4) is 17.3 Å². The van der Waals surface area contributed by atoms with Crippen LogP contribution in [0.5, 0.6) is 5.88 Å². The van der Waals surface area contributed by atoms with E-state index in [0.29, 0.717) is 61.4 Å². The lowest BCUT2D eigenvalue weighted by atomic mass is 10.0. The van der Waals surface area contributed by atoms with E-state index in [1.807, 2.05) is 12.2 Å². The summed E-state index contributed by atoms with van der Waals surface area (Å²) in [6, 6.07) is 9.22. The fourth-order valence-corrected chi connectivity index (χ4v) is 10.5. The van der Waals surface area contributed by atoms with Crippen LogP contribution in [0.3, 0.4) is 0 Å². The average molecular weight is 891 g/mol. The maximum atomic E-state index is 14.8. The van der Waals surface area contributed by atoms with E-state index in [9.17, 15) is 40.8 Å². The van der Waals surface area contributed by atoms with Gasteiger partial charge in [0.15, 0.2) is 5.82 Å². The minimum Gasteiger partial charge on any atom is -0.470 e. The van der Waals surface area contributed by atoms with Crippen molar-refractivity contribution in [2.45, 2.75) is 125 Å². The first kappa shape index (κ1) is 42.8. The Labute approximate surface area is 361 Å². The summed E-state index contributed by atoms with van der Waals surface area (Å²) < 4.78 is 80.9. The van der Waals surface area contributed by atoms with E-state index in [0.717, 1.165) is 37.8 Å². The van der Waals surface area contributed by atoms with E-state index in [1.165, 1.54) is 17.0 Å². The van der Waals surface area contributed by atoms with Gasteiger partial charge in [-0.3, -0.25) is 23.9 Å². The second-order valence-corrected chi connectivity index (χ2v) is 20.1. The number of nitrogens with zero attached hydrogens (tertiary/aromatic N) is 3. The number of para-hydroxylation sites is 1. The van der Waals surface area contributed by atoms with Gasteiger partial charge in [-0.25, -0.2) is 13.4 Å². The minimum absolute atomic E-state index is 0.0462. The van der Waals surface area contributed by atoms with Crippen molar-refractivity contribution in [1.82, 2.24) is 30.2 Å². The second-order valence-electron chi connectivity index (χ2n) is 17.9. The van der Waals surface area contributed by atoms with Crippen LogP contribution in [0.15, 0.2) is 65.1 Å². The van der Waals surface area contributed by atoms with Crippen molar-refractivity contribution in [2.24, 2.45) is 11.8 Å². The van der Waals surface area contributed by atoms with Crippen molar-refractivity contribution in [2.75, 3.05) is 6.54 Å². The molecular formula is C45H49F3N6O8S. The Morgan fingerprint density at radius 2 is 1.70 bits per heavy atom. The monoisotopic (exact) mass is 890 g/mol. The lowest BCUT2D eigenvalue weighted by Crippen LogP contribution is -2.58. The van der Waals surface area contributed by atoms with E-state index in [4.69, 9.17) is 9.15 Å². The van der Waals surface area contributed by atoms with Crippen LogP contribution in [0, 0.1) is 11.8 Å². The van der Waals surface area contributed by atoms with E-state index >= 15 is 0 Å². The van der Waals surface area contributed by atoms with E-state index in [1.54, 1.807) is 31.2 Å². The molecule has 18 heteroatoms. The number of furan rings is 1. The molecule has 9 rings (SSSR count). The third kappa shape index (κ3) is 8.37. The molecular weight excluding hydrogens is 842 g/mol. The van der Waals surface area contributed by atoms with E-state index in [2.05, 4.69) is 25.3 Å². The third-order valence-electron chi connectivity index (χ3n) is 13.5. The molecule has 5 aliphatic rings. The molecule has 14 nitrogen and oxygen atoms in total. The number of ether oxygens (including phenoxy) is 1. The molecule has 4 fully saturated rings. The molecule has 3 aliphatic carbocycles. The molecule has 4 heterocycles. The molecule has 3 saturated carbocycles. The number of sulfonamides is 1. The predicted octanol–water partition coefficient (Wildman–Crippen LogP) is 6.48. The number of alkyl halides is 3. The highest BCUT2D eigenvalue weighted by Crippen LogP contribution is 2.48. The van der Waals surface area contributed by atoms with Gasteiger partial charge in [-0.15, -0.1) is 0 Å². The number of hydrogen-bond acceptors (Lipinski definition) is 10. The van der Waals surface area contributed by atoms with Gasteiger partial charge in [-0.05, 0) is 82.6 Å².